The van der Waals surface area contributed by atoms with Gasteiger partial charge in [0.15, 0.2) is 5.78 Å². The van der Waals surface area contributed by atoms with Crippen molar-refractivity contribution in [3.05, 3.63) is 83.4 Å². The Morgan fingerprint density at radius 2 is 1.86 bits per heavy atom. The highest BCUT2D eigenvalue weighted by molar-refractivity contribution is 6.04. The third-order valence-electron chi connectivity index (χ3n) is 4.03. The van der Waals surface area contributed by atoms with Crippen molar-refractivity contribution < 1.29 is 14.0 Å². The van der Waals surface area contributed by atoms with Gasteiger partial charge in [-0.05, 0) is 49.2 Å². The summed E-state index contributed by atoms with van der Waals surface area (Å²) in [7, 11) is 0. The molecule has 1 aromatic heterocycles. The van der Waals surface area contributed by atoms with E-state index >= 15 is 0 Å². The van der Waals surface area contributed by atoms with Gasteiger partial charge < -0.3 is 10.6 Å². The van der Waals surface area contributed by atoms with Crippen LogP contribution in [0.4, 0.5) is 16.0 Å². The van der Waals surface area contributed by atoms with Crippen LogP contribution >= 0.6 is 0 Å². The number of ketones is 1. The minimum absolute atomic E-state index is 0.0780. The fraction of sp³-hybridized carbons (Fsp3) is 0.143. The number of rotatable bonds is 7. The molecule has 2 N–H and O–H groups in total. The molecule has 1 heterocycles. The van der Waals surface area contributed by atoms with Gasteiger partial charge in [0.2, 0.25) is 5.95 Å². The molecule has 0 atom stereocenters. The second-order valence-corrected chi connectivity index (χ2v) is 6.16. The van der Waals surface area contributed by atoms with Gasteiger partial charge >= 0.3 is 0 Å². The molecule has 0 saturated carbocycles. The maximum absolute atomic E-state index is 12.9. The third kappa shape index (κ3) is 5.20. The van der Waals surface area contributed by atoms with E-state index in [1.54, 1.807) is 36.4 Å². The summed E-state index contributed by atoms with van der Waals surface area (Å²) in [6, 6.07) is 14.5. The fourth-order valence-corrected chi connectivity index (χ4v) is 2.55. The molecule has 0 spiro atoms. The minimum Gasteiger partial charge on any atom is -0.354 e. The van der Waals surface area contributed by atoms with E-state index in [4.69, 9.17) is 0 Å². The van der Waals surface area contributed by atoms with Gasteiger partial charge in [0.05, 0.1) is 0 Å². The van der Waals surface area contributed by atoms with Crippen molar-refractivity contribution in [2.24, 2.45) is 0 Å². The van der Waals surface area contributed by atoms with Crippen LogP contribution in [0.3, 0.4) is 0 Å². The Morgan fingerprint density at radius 1 is 1.07 bits per heavy atom. The normalized spacial score (nSPS) is 10.4. The van der Waals surface area contributed by atoms with Gasteiger partial charge in [0, 0.05) is 24.0 Å². The number of nitrogens with zero attached hydrogens (tertiary/aromatic N) is 2. The van der Waals surface area contributed by atoms with Crippen LogP contribution in [0.1, 0.15) is 33.3 Å². The molecule has 3 aromatic rings. The van der Waals surface area contributed by atoms with Crippen LogP contribution in [0.2, 0.25) is 0 Å². The van der Waals surface area contributed by atoms with E-state index < -0.39 is 5.91 Å². The number of hydrogen-bond donors (Lipinski definition) is 2. The first-order chi connectivity index (χ1) is 13.5. The number of Topliss-reactive ketones (excluding diaryl/α,β-unsaturated/α-hetero) is 1. The molecule has 0 aliphatic heterocycles. The molecule has 1 amide bonds. The molecule has 0 saturated heterocycles. The number of benzene rings is 2. The number of anilines is 2. The van der Waals surface area contributed by atoms with E-state index in [2.05, 4.69) is 20.6 Å². The molecule has 6 nitrogen and oxygen atoms in total. The zero-order valence-electron chi connectivity index (χ0n) is 15.3. The maximum Gasteiger partial charge on any atom is 0.274 e. The summed E-state index contributed by atoms with van der Waals surface area (Å²) in [5.74, 6) is -0.421. The Balaban J connectivity index is 1.60. The van der Waals surface area contributed by atoms with Gasteiger partial charge in [-0.25, -0.2) is 14.4 Å². The van der Waals surface area contributed by atoms with Crippen LogP contribution < -0.4 is 10.6 Å². The Labute approximate surface area is 161 Å². The Morgan fingerprint density at radius 3 is 2.61 bits per heavy atom. The summed E-state index contributed by atoms with van der Waals surface area (Å²) in [6.45, 7) is 2.01. The summed E-state index contributed by atoms with van der Waals surface area (Å²) in [6.07, 6.45) is 2.16. The molecule has 0 unspecified atom stereocenters. The van der Waals surface area contributed by atoms with Crippen molar-refractivity contribution in [1.29, 1.82) is 0 Å². The maximum atomic E-state index is 12.9. The average molecular weight is 378 g/mol. The van der Waals surface area contributed by atoms with E-state index in [0.717, 1.165) is 5.56 Å². The van der Waals surface area contributed by atoms with Crippen molar-refractivity contribution in [1.82, 2.24) is 9.97 Å². The van der Waals surface area contributed by atoms with E-state index in [1.165, 1.54) is 31.3 Å². The summed E-state index contributed by atoms with van der Waals surface area (Å²) in [5.41, 5.74) is 2.21. The van der Waals surface area contributed by atoms with Crippen LogP contribution in [0.25, 0.3) is 0 Å². The standard InChI is InChI=1S/C21H19FN4O2/c1-14(27)16-3-2-4-18(13-16)25-20(28)19-10-12-24-21(26-19)23-11-9-15-5-7-17(22)8-6-15/h2-8,10,12-13H,9,11H2,1H3,(H,25,28)(H,23,24,26). The second kappa shape index (κ2) is 8.85. The predicted molar refractivity (Wildman–Crippen MR) is 105 cm³/mol. The molecule has 0 aliphatic carbocycles. The molecule has 28 heavy (non-hydrogen) atoms. The van der Waals surface area contributed by atoms with Crippen molar-refractivity contribution in [3.63, 3.8) is 0 Å². The Kier molecular flexibility index (Phi) is 6.06. The van der Waals surface area contributed by atoms with E-state index in [1.807, 2.05) is 0 Å². The first kappa shape index (κ1) is 19.2. The number of carbonyl (C=O) groups excluding carboxylic acids is 2. The summed E-state index contributed by atoms with van der Waals surface area (Å²) in [4.78, 5) is 32.2. The number of hydrogen-bond acceptors (Lipinski definition) is 5. The van der Waals surface area contributed by atoms with Gasteiger partial charge in [-0.2, -0.15) is 0 Å². The molecule has 0 fully saturated rings. The number of carbonyl (C=O) groups is 2. The smallest absolute Gasteiger partial charge is 0.274 e. The van der Waals surface area contributed by atoms with Crippen LogP contribution in [-0.4, -0.2) is 28.2 Å². The molecule has 2 aromatic carbocycles. The molecular formula is C21H19FN4O2. The Bertz CT molecular complexity index is 990. The third-order valence-corrected chi connectivity index (χ3v) is 4.03. The van der Waals surface area contributed by atoms with Crippen LogP contribution in [0.15, 0.2) is 60.8 Å². The van der Waals surface area contributed by atoms with Gasteiger partial charge in [-0.3, -0.25) is 9.59 Å². The molecule has 142 valence electrons. The number of nitrogens with one attached hydrogen (secondary N) is 2. The molecule has 0 radical (unpaired) electrons. The quantitative estimate of drug-likeness (QED) is 0.612. The van der Waals surface area contributed by atoms with Crippen LogP contribution in [0.5, 0.6) is 0 Å². The summed E-state index contributed by atoms with van der Waals surface area (Å²) in [5, 5.41) is 5.77. The van der Waals surface area contributed by atoms with E-state index in [-0.39, 0.29) is 17.3 Å². The lowest BCUT2D eigenvalue weighted by Crippen LogP contribution is -2.16. The first-order valence-corrected chi connectivity index (χ1v) is 8.75. The van der Waals surface area contributed by atoms with E-state index in [0.29, 0.717) is 30.2 Å². The largest absolute Gasteiger partial charge is 0.354 e. The lowest BCUT2D eigenvalue weighted by Gasteiger charge is -2.08. The fourth-order valence-electron chi connectivity index (χ4n) is 2.55. The molecule has 0 aliphatic rings. The minimum atomic E-state index is -0.398. The zero-order valence-corrected chi connectivity index (χ0v) is 15.3. The second-order valence-electron chi connectivity index (χ2n) is 6.16. The summed E-state index contributed by atoms with van der Waals surface area (Å²) >= 11 is 0. The van der Waals surface area contributed by atoms with Crippen molar-refractivity contribution in [3.8, 4) is 0 Å². The van der Waals surface area contributed by atoms with Gasteiger partial charge in [0.1, 0.15) is 11.5 Å². The van der Waals surface area contributed by atoms with Crippen molar-refractivity contribution >= 4 is 23.3 Å². The topological polar surface area (TPSA) is 84.0 Å². The lowest BCUT2D eigenvalue weighted by molar-refractivity contribution is 0.100. The lowest BCUT2D eigenvalue weighted by atomic mass is 10.1. The zero-order chi connectivity index (χ0) is 19.9. The van der Waals surface area contributed by atoms with Crippen LogP contribution in [0, 0.1) is 5.82 Å². The summed E-state index contributed by atoms with van der Waals surface area (Å²) < 4.78 is 12.9. The van der Waals surface area contributed by atoms with Gasteiger partial charge in [0.25, 0.3) is 5.91 Å². The number of amides is 1. The van der Waals surface area contributed by atoms with Crippen LogP contribution in [-0.2, 0) is 6.42 Å². The number of aromatic nitrogens is 2. The first-order valence-electron chi connectivity index (χ1n) is 8.75. The molecule has 3 rings (SSSR count). The van der Waals surface area contributed by atoms with Gasteiger partial charge in [-0.1, -0.05) is 24.3 Å². The van der Waals surface area contributed by atoms with Gasteiger partial charge in [-0.15, -0.1) is 0 Å². The highest BCUT2D eigenvalue weighted by Crippen LogP contribution is 2.13. The molecule has 7 heteroatoms. The predicted octanol–water partition coefficient (Wildman–Crippen LogP) is 3.73. The SMILES string of the molecule is CC(=O)c1cccc(NC(=O)c2ccnc(NCCc3ccc(F)cc3)n2)c1. The monoisotopic (exact) mass is 378 g/mol. The van der Waals surface area contributed by atoms with E-state index in [9.17, 15) is 14.0 Å². The molecule has 0 bridgehead atoms. The van der Waals surface area contributed by atoms with Crippen molar-refractivity contribution in [2.75, 3.05) is 17.2 Å². The Hall–Kier alpha value is -3.61. The average Bonchev–Trinajstić information content (AvgIpc) is 2.70. The highest BCUT2D eigenvalue weighted by atomic mass is 19.1. The molecular weight excluding hydrogens is 359 g/mol. The van der Waals surface area contributed by atoms with Crippen molar-refractivity contribution in [2.45, 2.75) is 13.3 Å². The highest BCUT2D eigenvalue weighted by Gasteiger charge is 2.10. The number of halogens is 1.